The molecule has 6 nitrogen and oxygen atoms in total. The van der Waals surface area contributed by atoms with Gasteiger partial charge >= 0.3 is 0 Å². The second-order valence-electron chi connectivity index (χ2n) is 5.49. The molecule has 0 aliphatic carbocycles. The summed E-state index contributed by atoms with van der Waals surface area (Å²) in [6.07, 6.45) is 0. The molecule has 0 fully saturated rings. The Bertz CT molecular complexity index is 667. The lowest BCUT2D eigenvalue weighted by Crippen LogP contribution is -2.43. The number of benzene rings is 1. The van der Waals surface area contributed by atoms with Gasteiger partial charge in [0.1, 0.15) is 0 Å². The highest BCUT2D eigenvalue weighted by atomic mass is 32.2. The van der Waals surface area contributed by atoms with E-state index < -0.39 is 15.9 Å². The monoisotopic (exact) mass is 313 g/mol. The minimum atomic E-state index is -3.84. The number of hydrogen-bond donors (Lipinski definition) is 2. The van der Waals surface area contributed by atoms with Crippen LogP contribution in [0.2, 0.25) is 0 Å². The fourth-order valence-corrected chi connectivity index (χ4v) is 4.44. The van der Waals surface area contributed by atoms with Crippen LogP contribution >= 0.6 is 0 Å². The number of carbonyl (C=O) groups excluding carboxylic acids is 1. The van der Waals surface area contributed by atoms with Crippen LogP contribution in [0.25, 0.3) is 0 Å². The number of nitrogen functional groups attached to an aromatic ring is 1. The number of rotatable bonds is 5. The zero-order valence-electron chi connectivity index (χ0n) is 13.1. The molecule has 0 spiro atoms. The van der Waals surface area contributed by atoms with Crippen molar-refractivity contribution in [3.8, 4) is 0 Å². The smallest absolute Gasteiger partial charge is 0.244 e. The first-order valence-corrected chi connectivity index (χ1v) is 8.10. The number of carbonyl (C=O) groups is 1. The van der Waals surface area contributed by atoms with Crippen LogP contribution in [0, 0.1) is 20.8 Å². The van der Waals surface area contributed by atoms with Crippen molar-refractivity contribution >= 4 is 21.6 Å². The molecule has 21 heavy (non-hydrogen) atoms. The van der Waals surface area contributed by atoms with E-state index in [-0.39, 0.29) is 17.5 Å². The quantitative estimate of drug-likeness (QED) is 0.793. The maximum atomic E-state index is 12.9. The normalized spacial score (nSPS) is 12.1. The van der Waals surface area contributed by atoms with E-state index in [0.29, 0.717) is 16.8 Å². The third-order valence-corrected chi connectivity index (χ3v) is 5.73. The van der Waals surface area contributed by atoms with Crippen LogP contribution in [0.4, 0.5) is 5.69 Å². The van der Waals surface area contributed by atoms with Gasteiger partial charge in [-0.1, -0.05) is 6.07 Å². The highest BCUT2D eigenvalue weighted by Crippen LogP contribution is 2.30. The van der Waals surface area contributed by atoms with E-state index in [2.05, 4.69) is 0 Å². The van der Waals surface area contributed by atoms with Crippen LogP contribution in [0.1, 0.15) is 30.5 Å². The highest BCUT2D eigenvalue weighted by molar-refractivity contribution is 7.89. The number of nitrogens with zero attached hydrogens (tertiary/aromatic N) is 1. The lowest BCUT2D eigenvalue weighted by Gasteiger charge is -2.27. The molecule has 0 bridgehead atoms. The summed E-state index contributed by atoms with van der Waals surface area (Å²) in [5, 5.41) is 0. The summed E-state index contributed by atoms with van der Waals surface area (Å²) in [4.78, 5) is 11.3. The van der Waals surface area contributed by atoms with Gasteiger partial charge in [0.25, 0.3) is 0 Å². The van der Waals surface area contributed by atoms with Gasteiger partial charge in [0.2, 0.25) is 15.9 Å². The first-order valence-electron chi connectivity index (χ1n) is 6.66. The molecule has 0 aliphatic rings. The lowest BCUT2D eigenvalue weighted by molar-refractivity contribution is -0.118. The maximum absolute atomic E-state index is 12.9. The summed E-state index contributed by atoms with van der Waals surface area (Å²) >= 11 is 0. The van der Waals surface area contributed by atoms with E-state index in [9.17, 15) is 13.2 Å². The molecule has 0 aromatic heterocycles. The van der Waals surface area contributed by atoms with Crippen molar-refractivity contribution in [2.24, 2.45) is 5.73 Å². The number of amides is 1. The Morgan fingerprint density at radius 2 is 1.76 bits per heavy atom. The average Bonchev–Trinajstić information content (AvgIpc) is 2.32. The van der Waals surface area contributed by atoms with Crippen molar-refractivity contribution in [1.82, 2.24) is 4.31 Å². The number of hydrogen-bond acceptors (Lipinski definition) is 4. The van der Waals surface area contributed by atoms with Crippen molar-refractivity contribution in [2.75, 3.05) is 12.3 Å². The van der Waals surface area contributed by atoms with Crippen LogP contribution in [-0.4, -0.2) is 31.2 Å². The number of nitrogens with two attached hydrogens (primary N) is 2. The standard InChI is InChI=1S/C14H23N3O3S/c1-8(2)17(7-12(15)18)21(19,20)14-10(4)6-9(3)13(16)11(14)5/h6,8H,7,16H2,1-5H3,(H2,15,18). The fraction of sp³-hybridized carbons (Fsp3) is 0.500. The molecule has 0 heterocycles. The Morgan fingerprint density at radius 3 is 2.19 bits per heavy atom. The second kappa shape index (κ2) is 6.03. The van der Waals surface area contributed by atoms with Crippen LogP contribution in [0.15, 0.2) is 11.0 Å². The van der Waals surface area contributed by atoms with E-state index >= 15 is 0 Å². The Labute approximate surface area is 126 Å². The van der Waals surface area contributed by atoms with Crippen molar-refractivity contribution < 1.29 is 13.2 Å². The third kappa shape index (κ3) is 3.36. The van der Waals surface area contributed by atoms with Gasteiger partial charge in [-0.15, -0.1) is 0 Å². The Morgan fingerprint density at radius 1 is 1.24 bits per heavy atom. The van der Waals surface area contributed by atoms with Crippen molar-refractivity contribution in [1.29, 1.82) is 0 Å². The minimum absolute atomic E-state index is 0.153. The predicted octanol–water partition coefficient (Wildman–Crippen LogP) is 1.08. The molecular weight excluding hydrogens is 290 g/mol. The lowest BCUT2D eigenvalue weighted by atomic mass is 10.1. The minimum Gasteiger partial charge on any atom is -0.398 e. The molecule has 1 amide bonds. The summed E-state index contributed by atoms with van der Waals surface area (Å²) < 4.78 is 26.9. The molecule has 0 saturated carbocycles. The molecule has 4 N–H and O–H groups in total. The summed E-state index contributed by atoms with van der Waals surface area (Å²) in [5.41, 5.74) is 13.5. The van der Waals surface area contributed by atoms with Gasteiger partial charge < -0.3 is 11.5 Å². The summed E-state index contributed by atoms with van der Waals surface area (Å²) in [7, 11) is -3.84. The molecule has 118 valence electrons. The molecule has 1 aromatic carbocycles. The topological polar surface area (TPSA) is 106 Å². The molecular formula is C14H23N3O3S. The fourth-order valence-electron chi connectivity index (χ4n) is 2.39. The van der Waals surface area contributed by atoms with Crippen molar-refractivity contribution in [3.05, 3.63) is 22.8 Å². The molecule has 7 heteroatoms. The van der Waals surface area contributed by atoms with Gasteiger partial charge in [0.05, 0.1) is 11.4 Å². The SMILES string of the molecule is Cc1cc(C)c(S(=O)(=O)N(CC(N)=O)C(C)C)c(C)c1N. The molecule has 0 atom stereocenters. The molecule has 1 aromatic rings. The Balaban J connectivity index is 3.56. The van der Waals surface area contributed by atoms with Gasteiger partial charge in [-0.25, -0.2) is 8.42 Å². The van der Waals surface area contributed by atoms with Crippen molar-refractivity contribution in [3.63, 3.8) is 0 Å². The van der Waals surface area contributed by atoms with E-state index in [1.165, 1.54) is 0 Å². The Kier molecular flexibility index (Phi) is 5.01. The zero-order valence-corrected chi connectivity index (χ0v) is 13.9. The first-order chi connectivity index (χ1) is 9.50. The molecule has 0 radical (unpaired) electrons. The largest absolute Gasteiger partial charge is 0.398 e. The molecule has 1 rings (SSSR count). The summed E-state index contributed by atoms with van der Waals surface area (Å²) in [6.45, 7) is 8.26. The summed E-state index contributed by atoms with van der Waals surface area (Å²) in [6, 6.07) is 1.35. The predicted molar refractivity (Wildman–Crippen MR) is 83.3 cm³/mol. The van der Waals surface area contributed by atoms with Crippen LogP contribution < -0.4 is 11.5 Å². The summed E-state index contributed by atoms with van der Waals surface area (Å²) in [5.74, 6) is -0.692. The third-order valence-electron chi connectivity index (χ3n) is 3.41. The van der Waals surface area contributed by atoms with E-state index in [1.54, 1.807) is 33.8 Å². The zero-order chi connectivity index (χ0) is 16.5. The number of sulfonamides is 1. The average molecular weight is 313 g/mol. The van der Waals surface area contributed by atoms with Gasteiger partial charge in [-0.05, 0) is 51.3 Å². The van der Waals surface area contributed by atoms with Crippen LogP contribution in [0.5, 0.6) is 0 Å². The second-order valence-corrected chi connectivity index (χ2v) is 7.32. The number of aryl methyl sites for hydroxylation is 2. The van der Waals surface area contributed by atoms with E-state index in [0.717, 1.165) is 9.87 Å². The van der Waals surface area contributed by atoms with Crippen molar-refractivity contribution in [2.45, 2.75) is 45.6 Å². The van der Waals surface area contributed by atoms with E-state index in [1.807, 2.05) is 6.92 Å². The van der Waals surface area contributed by atoms with Crippen LogP contribution in [0.3, 0.4) is 0 Å². The maximum Gasteiger partial charge on any atom is 0.244 e. The van der Waals surface area contributed by atoms with E-state index in [4.69, 9.17) is 11.5 Å². The van der Waals surface area contributed by atoms with Crippen LogP contribution in [-0.2, 0) is 14.8 Å². The number of anilines is 1. The first kappa shape index (κ1) is 17.5. The molecule has 0 unspecified atom stereocenters. The number of primary amides is 1. The highest BCUT2D eigenvalue weighted by Gasteiger charge is 2.31. The molecule has 0 saturated heterocycles. The van der Waals surface area contributed by atoms with Gasteiger partial charge in [-0.3, -0.25) is 4.79 Å². The van der Waals surface area contributed by atoms with Gasteiger partial charge in [-0.2, -0.15) is 4.31 Å². The van der Waals surface area contributed by atoms with Gasteiger partial charge in [0, 0.05) is 11.7 Å². The Hall–Kier alpha value is -1.60. The van der Waals surface area contributed by atoms with Gasteiger partial charge in [0.15, 0.2) is 0 Å². The molecule has 0 aliphatic heterocycles.